The van der Waals surface area contributed by atoms with Crippen LogP contribution >= 0.6 is 11.3 Å². The predicted molar refractivity (Wildman–Crippen MR) is 101 cm³/mol. The molecule has 0 unspecified atom stereocenters. The monoisotopic (exact) mass is 385 g/mol. The quantitative estimate of drug-likeness (QED) is 0.790. The molecule has 0 aliphatic heterocycles. The average Bonchev–Trinajstić information content (AvgIpc) is 3.30. The number of amides is 1. The third-order valence-electron chi connectivity index (χ3n) is 6.66. The molecule has 0 radical (unpaired) electrons. The highest BCUT2D eigenvalue weighted by Gasteiger charge is 2.61. The zero-order valence-corrected chi connectivity index (χ0v) is 16.1. The Morgan fingerprint density at radius 2 is 2.07 bits per heavy atom. The first kappa shape index (κ1) is 17.0. The Bertz CT molecular complexity index is 874. The van der Waals surface area contributed by atoms with Gasteiger partial charge < -0.3 is 10.1 Å². The number of carbonyl (C=O) groups is 2. The van der Waals surface area contributed by atoms with Crippen LogP contribution in [0.1, 0.15) is 49.0 Å². The summed E-state index contributed by atoms with van der Waals surface area (Å²) in [5, 5.41) is 12.4. The normalized spacial score (nSPS) is 33.8. The first-order chi connectivity index (χ1) is 13.0. The Kier molecular flexibility index (Phi) is 3.73. The number of nitrogens with zero attached hydrogens (tertiary/aromatic N) is 1. The van der Waals surface area contributed by atoms with Crippen LogP contribution < -0.4 is 5.32 Å². The Labute approximate surface area is 161 Å². The van der Waals surface area contributed by atoms with Gasteiger partial charge in [-0.3, -0.25) is 14.7 Å². The number of nitrogens with one attached hydrogen (secondary N) is 2. The van der Waals surface area contributed by atoms with Gasteiger partial charge in [0.15, 0.2) is 5.69 Å². The van der Waals surface area contributed by atoms with Gasteiger partial charge in [-0.05, 0) is 67.9 Å². The standard InChI is InChI=1S/C20H23N3O3S/c1-26-18(25)19-7-12-5-13(8-19)10-20(9-12,11-19)21-17(24)15-6-14(22-23-15)16-3-2-4-27-16/h2-4,6,12-13H,5,7-11H2,1H3,(H,21,24)(H,22,23)/t12-,13-,19?,20?/m1/s1. The lowest BCUT2D eigenvalue weighted by Crippen LogP contribution is -2.64. The average molecular weight is 385 g/mol. The molecule has 6 rings (SSSR count). The van der Waals surface area contributed by atoms with E-state index in [0.717, 1.165) is 36.3 Å². The molecule has 4 aliphatic carbocycles. The smallest absolute Gasteiger partial charge is 0.311 e. The molecule has 6 nitrogen and oxygen atoms in total. The lowest BCUT2D eigenvalue weighted by Gasteiger charge is -2.60. The van der Waals surface area contributed by atoms with Crippen LogP contribution in [0, 0.1) is 17.3 Å². The van der Waals surface area contributed by atoms with E-state index in [4.69, 9.17) is 4.74 Å². The molecular formula is C20H23N3O3S. The van der Waals surface area contributed by atoms with Gasteiger partial charge in [-0.15, -0.1) is 11.3 Å². The van der Waals surface area contributed by atoms with Crippen molar-refractivity contribution in [3.8, 4) is 10.6 Å². The molecule has 4 fully saturated rings. The molecule has 0 spiro atoms. The van der Waals surface area contributed by atoms with Gasteiger partial charge in [0, 0.05) is 5.54 Å². The summed E-state index contributed by atoms with van der Waals surface area (Å²) >= 11 is 1.61. The number of methoxy groups -OCH3 is 1. The Hall–Kier alpha value is -2.15. The fourth-order valence-corrected chi connectivity index (χ4v) is 6.86. The number of aromatic nitrogens is 2. The van der Waals surface area contributed by atoms with Gasteiger partial charge in [0.2, 0.25) is 0 Å². The van der Waals surface area contributed by atoms with Crippen molar-refractivity contribution in [3.05, 3.63) is 29.3 Å². The van der Waals surface area contributed by atoms with E-state index < -0.39 is 5.41 Å². The number of hydrogen-bond acceptors (Lipinski definition) is 5. The lowest BCUT2D eigenvalue weighted by molar-refractivity contribution is -0.171. The molecule has 2 N–H and O–H groups in total. The number of esters is 1. The number of carbonyl (C=O) groups excluding carboxylic acids is 2. The van der Waals surface area contributed by atoms with E-state index in [1.807, 2.05) is 17.5 Å². The highest BCUT2D eigenvalue weighted by molar-refractivity contribution is 7.13. The van der Waals surface area contributed by atoms with Gasteiger partial charge in [0.1, 0.15) is 0 Å². The molecule has 1 amide bonds. The van der Waals surface area contributed by atoms with E-state index in [1.165, 1.54) is 13.5 Å². The molecule has 2 aromatic rings. The summed E-state index contributed by atoms with van der Waals surface area (Å²) in [6.07, 6.45) is 5.57. The Morgan fingerprint density at radius 3 is 2.74 bits per heavy atom. The highest BCUT2D eigenvalue weighted by Crippen LogP contribution is 2.62. The number of aromatic amines is 1. The van der Waals surface area contributed by atoms with Crippen molar-refractivity contribution in [2.24, 2.45) is 17.3 Å². The van der Waals surface area contributed by atoms with Gasteiger partial charge in [-0.25, -0.2) is 0 Å². The van der Waals surface area contributed by atoms with Gasteiger partial charge in [0.05, 0.1) is 23.1 Å². The first-order valence-corrected chi connectivity index (χ1v) is 10.4. The van der Waals surface area contributed by atoms with Crippen molar-refractivity contribution < 1.29 is 14.3 Å². The van der Waals surface area contributed by atoms with E-state index in [1.54, 1.807) is 17.4 Å². The number of H-pyrrole nitrogens is 1. The van der Waals surface area contributed by atoms with E-state index in [0.29, 0.717) is 24.0 Å². The lowest BCUT2D eigenvalue weighted by atomic mass is 9.47. The minimum atomic E-state index is -0.417. The summed E-state index contributed by atoms with van der Waals surface area (Å²) in [4.78, 5) is 26.6. The molecule has 4 saturated carbocycles. The number of rotatable bonds is 4. The summed E-state index contributed by atoms with van der Waals surface area (Å²) in [7, 11) is 1.47. The maximum Gasteiger partial charge on any atom is 0.311 e. The van der Waals surface area contributed by atoms with Crippen molar-refractivity contribution in [3.63, 3.8) is 0 Å². The highest BCUT2D eigenvalue weighted by atomic mass is 32.1. The van der Waals surface area contributed by atoms with Crippen molar-refractivity contribution in [1.29, 1.82) is 0 Å². The molecule has 27 heavy (non-hydrogen) atoms. The summed E-state index contributed by atoms with van der Waals surface area (Å²) in [6.45, 7) is 0. The van der Waals surface area contributed by atoms with Crippen molar-refractivity contribution in [1.82, 2.24) is 15.5 Å². The molecule has 4 bridgehead atoms. The van der Waals surface area contributed by atoms with Crippen LogP contribution in [-0.2, 0) is 9.53 Å². The number of ether oxygens (including phenoxy) is 1. The van der Waals surface area contributed by atoms with Crippen LogP contribution in [0.4, 0.5) is 0 Å². The largest absolute Gasteiger partial charge is 0.469 e. The number of hydrogen-bond donors (Lipinski definition) is 2. The van der Waals surface area contributed by atoms with Gasteiger partial charge in [-0.1, -0.05) is 6.07 Å². The maximum absolute atomic E-state index is 12.9. The molecule has 2 atom stereocenters. The molecular weight excluding hydrogens is 362 g/mol. The van der Waals surface area contributed by atoms with Gasteiger partial charge in [0.25, 0.3) is 5.91 Å². The zero-order chi connectivity index (χ0) is 18.6. The van der Waals surface area contributed by atoms with E-state index in [2.05, 4.69) is 15.5 Å². The van der Waals surface area contributed by atoms with Crippen LogP contribution in [0.3, 0.4) is 0 Å². The predicted octanol–water partition coefficient (Wildman–Crippen LogP) is 3.38. The zero-order valence-electron chi connectivity index (χ0n) is 15.3. The van der Waals surface area contributed by atoms with Crippen molar-refractivity contribution >= 4 is 23.2 Å². The summed E-state index contributed by atoms with van der Waals surface area (Å²) in [5.74, 6) is 0.726. The fraction of sp³-hybridized carbons (Fsp3) is 0.550. The van der Waals surface area contributed by atoms with Gasteiger partial charge in [-0.2, -0.15) is 5.10 Å². The van der Waals surface area contributed by atoms with E-state index in [9.17, 15) is 9.59 Å². The summed E-state index contributed by atoms with van der Waals surface area (Å²) in [6, 6.07) is 5.78. The topological polar surface area (TPSA) is 84.1 Å². The Morgan fingerprint density at radius 1 is 1.30 bits per heavy atom. The minimum Gasteiger partial charge on any atom is -0.469 e. The van der Waals surface area contributed by atoms with Crippen LogP contribution in [0.25, 0.3) is 10.6 Å². The third-order valence-corrected chi connectivity index (χ3v) is 7.56. The van der Waals surface area contributed by atoms with Gasteiger partial charge >= 0.3 is 5.97 Å². The van der Waals surface area contributed by atoms with Crippen LogP contribution in [0.5, 0.6) is 0 Å². The second kappa shape index (κ2) is 5.92. The first-order valence-electron chi connectivity index (χ1n) is 9.51. The molecule has 4 aliphatic rings. The molecule has 0 saturated heterocycles. The maximum atomic E-state index is 12.9. The van der Waals surface area contributed by atoms with E-state index >= 15 is 0 Å². The molecule has 142 valence electrons. The van der Waals surface area contributed by atoms with Crippen molar-refractivity contribution in [2.45, 2.75) is 44.1 Å². The second-order valence-electron chi connectivity index (χ2n) is 8.61. The molecule has 0 aromatic carbocycles. The van der Waals surface area contributed by atoms with Crippen molar-refractivity contribution in [2.75, 3.05) is 7.11 Å². The molecule has 2 heterocycles. The SMILES string of the molecule is COC(=O)C12C[C@H]3C[C@@H](CC(NC(=O)c4cc(-c5cccs5)[nH]n4)(C3)C1)C2. The van der Waals surface area contributed by atoms with Crippen LogP contribution in [0.15, 0.2) is 23.6 Å². The third kappa shape index (κ3) is 2.71. The fourth-order valence-electron chi connectivity index (χ4n) is 6.17. The minimum absolute atomic E-state index is 0.102. The Balaban J connectivity index is 1.39. The van der Waals surface area contributed by atoms with Crippen LogP contribution in [0.2, 0.25) is 0 Å². The number of thiophene rings is 1. The summed E-state index contributed by atoms with van der Waals surface area (Å²) < 4.78 is 5.15. The van der Waals surface area contributed by atoms with Crippen LogP contribution in [-0.4, -0.2) is 34.7 Å². The molecule has 7 heteroatoms. The summed E-state index contributed by atoms with van der Waals surface area (Å²) in [5.41, 5.74) is 0.532. The molecule has 2 aromatic heterocycles. The van der Waals surface area contributed by atoms with E-state index in [-0.39, 0.29) is 17.4 Å². The second-order valence-corrected chi connectivity index (χ2v) is 9.56.